The van der Waals surface area contributed by atoms with Gasteiger partial charge in [0.15, 0.2) is 0 Å². The molecule has 0 saturated heterocycles. The van der Waals surface area contributed by atoms with Gasteiger partial charge in [0.1, 0.15) is 11.6 Å². The van der Waals surface area contributed by atoms with E-state index in [9.17, 15) is 13.9 Å². The molecule has 1 aromatic rings. The van der Waals surface area contributed by atoms with E-state index in [0.717, 1.165) is 12.1 Å². The molecular formula is C9H9F2N3O. The van der Waals surface area contributed by atoms with Crippen LogP contribution in [-0.2, 0) is 5.60 Å². The fraction of sp³-hybridized carbons (Fsp3) is 0.333. The van der Waals surface area contributed by atoms with Gasteiger partial charge in [0.05, 0.1) is 12.1 Å². The van der Waals surface area contributed by atoms with Crippen LogP contribution in [0.25, 0.3) is 10.4 Å². The summed E-state index contributed by atoms with van der Waals surface area (Å²) in [6, 6.07) is 2.69. The maximum absolute atomic E-state index is 12.8. The Morgan fingerprint density at radius 2 is 1.93 bits per heavy atom. The van der Waals surface area contributed by atoms with E-state index in [1.54, 1.807) is 0 Å². The number of halogens is 2. The van der Waals surface area contributed by atoms with Gasteiger partial charge in [0, 0.05) is 11.0 Å². The van der Waals surface area contributed by atoms with Crippen molar-refractivity contribution < 1.29 is 13.9 Å². The molecule has 0 saturated carbocycles. The minimum absolute atomic E-state index is 0.0346. The lowest BCUT2D eigenvalue weighted by Crippen LogP contribution is -2.25. The molecule has 0 bridgehead atoms. The molecule has 6 heteroatoms. The van der Waals surface area contributed by atoms with Gasteiger partial charge in [0.25, 0.3) is 0 Å². The smallest absolute Gasteiger partial charge is 0.126 e. The van der Waals surface area contributed by atoms with Crippen molar-refractivity contribution in [2.24, 2.45) is 5.11 Å². The summed E-state index contributed by atoms with van der Waals surface area (Å²) < 4.78 is 25.7. The summed E-state index contributed by atoms with van der Waals surface area (Å²) in [5.74, 6) is -1.57. The molecule has 0 radical (unpaired) electrons. The highest BCUT2D eigenvalue weighted by Crippen LogP contribution is 2.22. The van der Waals surface area contributed by atoms with E-state index in [-0.39, 0.29) is 12.1 Å². The van der Waals surface area contributed by atoms with Crippen molar-refractivity contribution in [3.05, 3.63) is 45.8 Å². The number of azide groups is 1. The molecule has 0 aliphatic rings. The topological polar surface area (TPSA) is 69.0 Å². The lowest BCUT2D eigenvalue weighted by molar-refractivity contribution is 0.0662. The van der Waals surface area contributed by atoms with Crippen LogP contribution in [0.15, 0.2) is 23.3 Å². The van der Waals surface area contributed by atoms with Crippen LogP contribution in [0.3, 0.4) is 0 Å². The number of hydrogen-bond donors (Lipinski definition) is 1. The van der Waals surface area contributed by atoms with Crippen molar-refractivity contribution in [3.8, 4) is 0 Å². The van der Waals surface area contributed by atoms with Gasteiger partial charge in [-0.15, -0.1) is 0 Å². The first-order chi connectivity index (χ1) is 6.95. The van der Waals surface area contributed by atoms with Crippen molar-refractivity contribution in [3.63, 3.8) is 0 Å². The van der Waals surface area contributed by atoms with Gasteiger partial charge < -0.3 is 5.11 Å². The normalized spacial score (nSPS) is 14.1. The maximum atomic E-state index is 12.8. The molecule has 0 heterocycles. The molecule has 1 aromatic carbocycles. The Bertz CT molecular complexity index is 394. The second kappa shape index (κ2) is 4.25. The number of nitrogens with zero attached hydrogens (tertiary/aromatic N) is 3. The molecule has 0 aliphatic heterocycles. The van der Waals surface area contributed by atoms with Crippen molar-refractivity contribution in [2.45, 2.75) is 12.5 Å². The summed E-state index contributed by atoms with van der Waals surface area (Å²) >= 11 is 0. The summed E-state index contributed by atoms with van der Waals surface area (Å²) in [4.78, 5) is 2.47. The second-order valence-electron chi connectivity index (χ2n) is 3.32. The molecule has 0 spiro atoms. The molecule has 0 aromatic heterocycles. The first-order valence-electron chi connectivity index (χ1n) is 4.15. The van der Waals surface area contributed by atoms with Gasteiger partial charge in [0.2, 0.25) is 0 Å². The van der Waals surface area contributed by atoms with Crippen LogP contribution in [0, 0.1) is 11.6 Å². The van der Waals surface area contributed by atoms with E-state index in [1.807, 2.05) is 0 Å². The summed E-state index contributed by atoms with van der Waals surface area (Å²) in [6.45, 7) is 1.03. The van der Waals surface area contributed by atoms with E-state index in [4.69, 9.17) is 5.53 Å². The lowest BCUT2D eigenvalue weighted by Gasteiger charge is -2.21. The van der Waals surface area contributed by atoms with Crippen LogP contribution in [0.4, 0.5) is 8.78 Å². The molecule has 1 rings (SSSR count). The Morgan fingerprint density at radius 3 is 2.40 bits per heavy atom. The molecule has 0 fully saturated rings. The molecule has 15 heavy (non-hydrogen) atoms. The predicted octanol–water partition coefficient (Wildman–Crippen LogP) is 2.48. The first kappa shape index (κ1) is 11.4. The van der Waals surface area contributed by atoms with Crippen molar-refractivity contribution >= 4 is 0 Å². The third-order valence-electron chi connectivity index (χ3n) is 1.93. The average molecular weight is 213 g/mol. The number of rotatable bonds is 3. The van der Waals surface area contributed by atoms with Crippen molar-refractivity contribution in [1.29, 1.82) is 0 Å². The molecule has 0 amide bonds. The van der Waals surface area contributed by atoms with E-state index < -0.39 is 17.2 Å². The zero-order valence-electron chi connectivity index (χ0n) is 7.98. The van der Waals surface area contributed by atoms with E-state index in [0.29, 0.717) is 6.07 Å². The minimum atomic E-state index is -1.57. The predicted molar refractivity (Wildman–Crippen MR) is 49.9 cm³/mol. The quantitative estimate of drug-likeness (QED) is 0.467. The first-order valence-corrected chi connectivity index (χ1v) is 4.15. The average Bonchev–Trinajstić information content (AvgIpc) is 2.13. The zero-order valence-corrected chi connectivity index (χ0v) is 7.98. The van der Waals surface area contributed by atoms with Crippen LogP contribution in [-0.4, -0.2) is 11.7 Å². The van der Waals surface area contributed by atoms with Crippen molar-refractivity contribution in [1.82, 2.24) is 0 Å². The fourth-order valence-electron chi connectivity index (χ4n) is 1.13. The summed E-state index contributed by atoms with van der Waals surface area (Å²) in [5, 5.41) is 12.9. The zero-order chi connectivity index (χ0) is 11.5. The molecular weight excluding hydrogens is 204 g/mol. The van der Waals surface area contributed by atoms with Crippen LogP contribution in [0.5, 0.6) is 0 Å². The van der Waals surface area contributed by atoms with E-state index in [1.165, 1.54) is 6.92 Å². The highest BCUT2D eigenvalue weighted by molar-refractivity contribution is 5.24. The van der Waals surface area contributed by atoms with Gasteiger partial charge in [-0.05, 0) is 30.2 Å². The number of aliphatic hydroxyl groups is 1. The number of benzene rings is 1. The Kier molecular flexibility index (Phi) is 3.24. The molecule has 1 N–H and O–H groups in total. The largest absolute Gasteiger partial charge is 0.385 e. The van der Waals surface area contributed by atoms with Gasteiger partial charge in [-0.1, -0.05) is 5.11 Å². The number of hydrogen-bond acceptors (Lipinski definition) is 2. The highest BCUT2D eigenvalue weighted by atomic mass is 19.1. The maximum Gasteiger partial charge on any atom is 0.126 e. The van der Waals surface area contributed by atoms with Crippen LogP contribution in [0.2, 0.25) is 0 Å². The SMILES string of the molecule is C[C@](O)(CN=[N+]=[N-])c1cc(F)cc(F)c1. The van der Waals surface area contributed by atoms with Crippen molar-refractivity contribution in [2.75, 3.05) is 6.54 Å². The minimum Gasteiger partial charge on any atom is -0.385 e. The molecule has 4 nitrogen and oxygen atoms in total. The third-order valence-corrected chi connectivity index (χ3v) is 1.93. The van der Waals surface area contributed by atoms with Crippen LogP contribution < -0.4 is 0 Å². The van der Waals surface area contributed by atoms with Gasteiger partial charge in [-0.2, -0.15) is 0 Å². The lowest BCUT2D eigenvalue weighted by atomic mass is 9.96. The Labute approximate surface area is 84.8 Å². The highest BCUT2D eigenvalue weighted by Gasteiger charge is 2.23. The Hall–Kier alpha value is -1.65. The van der Waals surface area contributed by atoms with Gasteiger partial charge >= 0.3 is 0 Å². The molecule has 80 valence electrons. The third kappa shape index (κ3) is 2.90. The Balaban J connectivity index is 3.08. The van der Waals surface area contributed by atoms with Crippen LogP contribution >= 0.6 is 0 Å². The van der Waals surface area contributed by atoms with Gasteiger partial charge in [-0.3, -0.25) is 0 Å². The van der Waals surface area contributed by atoms with Crippen LogP contribution in [0.1, 0.15) is 12.5 Å². The molecule has 0 aliphatic carbocycles. The van der Waals surface area contributed by atoms with E-state index in [2.05, 4.69) is 10.0 Å². The fourth-order valence-corrected chi connectivity index (χ4v) is 1.13. The molecule has 1 atom stereocenters. The summed E-state index contributed by atoms with van der Waals surface area (Å²) in [5.41, 5.74) is 6.55. The standard InChI is InChI=1S/C9H9F2N3O/c1-9(15,5-13-14-12)6-2-7(10)4-8(11)3-6/h2-4,15H,5H2,1H3/t9-/m0/s1. The van der Waals surface area contributed by atoms with E-state index >= 15 is 0 Å². The monoisotopic (exact) mass is 213 g/mol. The summed E-state index contributed by atoms with van der Waals surface area (Å²) in [7, 11) is 0. The Morgan fingerprint density at radius 1 is 1.40 bits per heavy atom. The molecule has 0 unspecified atom stereocenters. The second-order valence-corrected chi connectivity index (χ2v) is 3.32. The van der Waals surface area contributed by atoms with Gasteiger partial charge in [-0.25, -0.2) is 8.78 Å². The summed E-state index contributed by atoms with van der Waals surface area (Å²) in [6.07, 6.45) is 0.